The molecule has 2 N–H and O–H groups in total. The first-order chi connectivity index (χ1) is 10.2. The molecule has 3 rings (SSSR count). The van der Waals surface area contributed by atoms with Crippen molar-refractivity contribution in [3.8, 4) is 16.9 Å². The van der Waals surface area contributed by atoms with Crippen molar-refractivity contribution in [2.24, 2.45) is 0 Å². The van der Waals surface area contributed by atoms with Gasteiger partial charge in [-0.05, 0) is 23.6 Å². The number of imidazole rings is 1. The second-order valence-electron chi connectivity index (χ2n) is 4.25. The molecule has 0 amide bonds. The van der Waals surface area contributed by atoms with Crippen LogP contribution in [0, 0.1) is 0 Å². The summed E-state index contributed by atoms with van der Waals surface area (Å²) in [4.78, 5) is 20.6. The van der Waals surface area contributed by atoms with E-state index in [2.05, 4.69) is 9.97 Å². The molecule has 0 fully saturated rings. The van der Waals surface area contributed by atoms with Gasteiger partial charge < -0.3 is 10.5 Å². The molecule has 0 aliphatic heterocycles. The molecule has 0 aliphatic carbocycles. The third kappa shape index (κ3) is 2.38. The Bertz CT molecular complexity index is 776. The van der Waals surface area contributed by atoms with Crippen LogP contribution in [0.5, 0.6) is 0 Å². The smallest absolute Gasteiger partial charge is 0.350 e. The summed E-state index contributed by atoms with van der Waals surface area (Å²) < 4.78 is 6.63. The van der Waals surface area contributed by atoms with E-state index in [1.165, 1.54) is 18.4 Å². The van der Waals surface area contributed by atoms with Crippen molar-refractivity contribution in [1.29, 1.82) is 0 Å². The van der Waals surface area contributed by atoms with Crippen molar-refractivity contribution >= 4 is 23.1 Å². The lowest BCUT2D eigenvalue weighted by atomic mass is 10.2. The molecule has 3 heterocycles. The molecular formula is C14H12N4O2S. The fourth-order valence-corrected chi connectivity index (χ4v) is 2.79. The van der Waals surface area contributed by atoms with Gasteiger partial charge in [0.15, 0.2) is 0 Å². The van der Waals surface area contributed by atoms with Crippen LogP contribution in [0.25, 0.3) is 16.9 Å². The van der Waals surface area contributed by atoms with E-state index in [-0.39, 0.29) is 5.97 Å². The highest BCUT2D eigenvalue weighted by Crippen LogP contribution is 2.27. The Labute approximate surface area is 124 Å². The Kier molecular flexibility index (Phi) is 3.41. The summed E-state index contributed by atoms with van der Waals surface area (Å²) in [5.74, 6) is 0.0886. The zero-order valence-corrected chi connectivity index (χ0v) is 12.0. The van der Waals surface area contributed by atoms with Gasteiger partial charge in [0, 0.05) is 11.8 Å². The average molecular weight is 300 g/mol. The number of thiophene rings is 1. The molecule has 6 nitrogen and oxygen atoms in total. The molecule has 0 spiro atoms. The van der Waals surface area contributed by atoms with E-state index in [0.717, 1.165) is 16.9 Å². The summed E-state index contributed by atoms with van der Waals surface area (Å²) in [6.45, 7) is 0. The minimum atomic E-state index is -0.366. The molecule has 0 aliphatic rings. The van der Waals surface area contributed by atoms with Crippen molar-refractivity contribution in [2.45, 2.75) is 0 Å². The normalized spacial score (nSPS) is 10.5. The van der Waals surface area contributed by atoms with Crippen molar-refractivity contribution in [3.63, 3.8) is 0 Å². The van der Waals surface area contributed by atoms with Gasteiger partial charge in [-0.15, -0.1) is 11.3 Å². The van der Waals surface area contributed by atoms with Crippen LogP contribution in [0.1, 0.15) is 9.67 Å². The average Bonchev–Trinajstić information content (AvgIpc) is 3.15. The number of anilines is 1. The minimum Gasteiger partial charge on any atom is -0.465 e. The van der Waals surface area contributed by atoms with E-state index < -0.39 is 0 Å². The van der Waals surface area contributed by atoms with Crippen LogP contribution >= 0.6 is 11.3 Å². The van der Waals surface area contributed by atoms with Gasteiger partial charge in [-0.25, -0.2) is 14.8 Å². The van der Waals surface area contributed by atoms with E-state index >= 15 is 0 Å². The third-order valence-electron chi connectivity index (χ3n) is 3.00. The molecule has 106 valence electrons. The lowest BCUT2D eigenvalue weighted by Gasteiger charge is -2.08. The molecule has 0 atom stereocenters. The number of carbonyl (C=O) groups is 1. The van der Waals surface area contributed by atoms with Crippen molar-refractivity contribution < 1.29 is 9.53 Å². The van der Waals surface area contributed by atoms with Gasteiger partial charge in [0.25, 0.3) is 0 Å². The van der Waals surface area contributed by atoms with Crippen LogP contribution in [-0.2, 0) is 4.74 Å². The number of hydrogen-bond donors (Lipinski definition) is 1. The predicted molar refractivity (Wildman–Crippen MR) is 80.4 cm³/mol. The molecule has 3 aromatic heterocycles. The number of methoxy groups -OCH3 is 1. The minimum absolute atomic E-state index is 0.366. The molecule has 21 heavy (non-hydrogen) atoms. The molecule has 7 heteroatoms. The van der Waals surface area contributed by atoms with Crippen LogP contribution in [-0.4, -0.2) is 27.6 Å². The van der Waals surface area contributed by atoms with E-state index in [1.807, 2.05) is 22.1 Å². The number of nitrogens with two attached hydrogens (primary N) is 1. The van der Waals surface area contributed by atoms with Gasteiger partial charge >= 0.3 is 5.97 Å². The Balaban J connectivity index is 2.10. The number of aromatic nitrogens is 3. The summed E-state index contributed by atoms with van der Waals surface area (Å²) in [5, 5.41) is 1.84. The van der Waals surface area contributed by atoms with Crippen LogP contribution in [0.15, 0.2) is 42.3 Å². The molecule has 0 bridgehead atoms. The van der Waals surface area contributed by atoms with Gasteiger partial charge in [-0.2, -0.15) is 0 Å². The Hall–Kier alpha value is -2.67. The molecular weight excluding hydrogens is 288 g/mol. The van der Waals surface area contributed by atoms with Gasteiger partial charge in [0.1, 0.15) is 10.7 Å². The highest BCUT2D eigenvalue weighted by atomic mass is 32.1. The largest absolute Gasteiger partial charge is 0.465 e. The second-order valence-corrected chi connectivity index (χ2v) is 5.16. The zero-order valence-electron chi connectivity index (χ0n) is 11.2. The summed E-state index contributed by atoms with van der Waals surface area (Å²) in [6.07, 6.45) is 5.04. The molecule has 0 radical (unpaired) electrons. The van der Waals surface area contributed by atoms with Gasteiger partial charge in [-0.1, -0.05) is 0 Å². The molecule has 0 unspecified atom stereocenters. The fraction of sp³-hybridized carbons (Fsp3) is 0.0714. The van der Waals surface area contributed by atoms with E-state index in [9.17, 15) is 4.79 Å². The van der Waals surface area contributed by atoms with Crippen LogP contribution < -0.4 is 5.73 Å². The number of carbonyl (C=O) groups excluding carboxylic acids is 1. The maximum absolute atomic E-state index is 11.8. The lowest BCUT2D eigenvalue weighted by Crippen LogP contribution is -2.04. The molecule has 0 aromatic carbocycles. The lowest BCUT2D eigenvalue weighted by molar-refractivity contribution is 0.0606. The number of esters is 1. The molecule has 0 saturated heterocycles. The SMILES string of the molecule is COC(=O)c1sccc1-n1cncc1-c1ccc(N)nc1. The number of pyridine rings is 1. The summed E-state index contributed by atoms with van der Waals surface area (Å²) >= 11 is 1.33. The van der Waals surface area contributed by atoms with E-state index in [4.69, 9.17) is 10.5 Å². The summed E-state index contributed by atoms with van der Waals surface area (Å²) in [5.41, 5.74) is 8.02. The number of rotatable bonds is 3. The quantitative estimate of drug-likeness (QED) is 0.751. The highest BCUT2D eigenvalue weighted by Gasteiger charge is 2.17. The predicted octanol–water partition coefficient (Wildman–Crippen LogP) is 2.36. The van der Waals surface area contributed by atoms with Gasteiger partial charge in [-0.3, -0.25) is 4.57 Å². The van der Waals surface area contributed by atoms with Gasteiger partial charge in [0.05, 0.1) is 31.0 Å². The number of hydrogen-bond acceptors (Lipinski definition) is 6. The number of ether oxygens (including phenoxy) is 1. The first kappa shape index (κ1) is 13.3. The van der Waals surface area contributed by atoms with Crippen LogP contribution in [0.2, 0.25) is 0 Å². The Morgan fingerprint density at radius 1 is 1.33 bits per heavy atom. The number of nitrogen functional groups attached to an aromatic ring is 1. The molecule has 0 saturated carbocycles. The first-order valence-electron chi connectivity index (χ1n) is 6.11. The summed E-state index contributed by atoms with van der Waals surface area (Å²) in [6, 6.07) is 5.44. The highest BCUT2D eigenvalue weighted by molar-refractivity contribution is 7.12. The maximum atomic E-state index is 11.8. The van der Waals surface area contributed by atoms with Crippen molar-refractivity contribution in [2.75, 3.05) is 12.8 Å². The fourth-order valence-electron chi connectivity index (χ4n) is 2.00. The standard InChI is InChI=1S/C14H12N4O2S/c1-20-14(19)13-10(4-5-21-13)18-8-16-7-11(18)9-2-3-12(15)17-6-9/h2-8H,1H3,(H2,15,17). The monoisotopic (exact) mass is 300 g/mol. The van der Waals surface area contributed by atoms with E-state index in [1.54, 1.807) is 24.8 Å². The van der Waals surface area contributed by atoms with Crippen molar-refractivity contribution in [1.82, 2.24) is 14.5 Å². The van der Waals surface area contributed by atoms with E-state index in [0.29, 0.717) is 10.7 Å². The van der Waals surface area contributed by atoms with Gasteiger partial charge in [0.2, 0.25) is 0 Å². The molecule has 3 aromatic rings. The summed E-state index contributed by atoms with van der Waals surface area (Å²) in [7, 11) is 1.37. The zero-order chi connectivity index (χ0) is 14.8. The topological polar surface area (TPSA) is 83.0 Å². The second kappa shape index (κ2) is 5.37. The Morgan fingerprint density at radius 2 is 2.19 bits per heavy atom. The van der Waals surface area contributed by atoms with Crippen LogP contribution in [0.4, 0.5) is 5.82 Å². The third-order valence-corrected chi connectivity index (χ3v) is 3.88. The maximum Gasteiger partial charge on any atom is 0.350 e. The Morgan fingerprint density at radius 3 is 2.90 bits per heavy atom. The van der Waals surface area contributed by atoms with Crippen LogP contribution in [0.3, 0.4) is 0 Å². The number of nitrogens with zero attached hydrogens (tertiary/aromatic N) is 3. The van der Waals surface area contributed by atoms with Crippen molar-refractivity contribution in [3.05, 3.63) is 47.2 Å². The first-order valence-corrected chi connectivity index (χ1v) is 6.99.